The van der Waals surface area contributed by atoms with Crippen molar-refractivity contribution in [1.82, 2.24) is 0 Å². The van der Waals surface area contributed by atoms with Crippen molar-refractivity contribution in [3.63, 3.8) is 0 Å². The number of rotatable bonds is 3. The molecule has 29 heavy (non-hydrogen) atoms. The summed E-state index contributed by atoms with van der Waals surface area (Å²) in [6.45, 7) is -0.238. The minimum atomic E-state index is -1.51. The van der Waals surface area contributed by atoms with Gasteiger partial charge in [0.15, 0.2) is 5.78 Å². The lowest BCUT2D eigenvalue weighted by Crippen LogP contribution is -2.54. The molecule has 1 unspecified atom stereocenters. The van der Waals surface area contributed by atoms with Crippen LogP contribution in [0.4, 0.5) is 0 Å². The summed E-state index contributed by atoms with van der Waals surface area (Å²) >= 11 is 0. The number of aliphatic hydroxyl groups excluding tert-OH is 3. The number of Topliss-reactive ketones (excluding diaryl/α,β-unsaturated/α-hetero) is 1. The first-order valence-corrected chi connectivity index (χ1v) is 9.01. The predicted octanol–water partition coefficient (Wildman–Crippen LogP) is 0.622. The molecule has 2 aromatic rings. The van der Waals surface area contributed by atoms with E-state index >= 15 is 0 Å². The highest BCUT2D eigenvalue weighted by atomic mass is 16.7. The first-order valence-electron chi connectivity index (χ1n) is 9.01. The fraction of sp³-hybridized carbons (Fsp3) is 0.350. The van der Waals surface area contributed by atoms with E-state index in [1.807, 2.05) is 0 Å². The van der Waals surface area contributed by atoms with Gasteiger partial charge >= 0.3 is 0 Å². The first kappa shape index (κ1) is 19.5. The van der Waals surface area contributed by atoms with E-state index in [1.165, 1.54) is 24.3 Å². The Kier molecular flexibility index (Phi) is 5.05. The zero-order valence-corrected chi connectivity index (χ0v) is 15.1. The molecule has 2 heterocycles. The number of ketones is 1. The van der Waals surface area contributed by atoms with Crippen molar-refractivity contribution in [3.8, 4) is 23.0 Å². The molecule has 0 amide bonds. The summed E-state index contributed by atoms with van der Waals surface area (Å²) < 4.78 is 16.6. The van der Waals surface area contributed by atoms with Gasteiger partial charge in [0, 0.05) is 12.1 Å². The van der Waals surface area contributed by atoms with E-state index < -0.39 is 30.7 Å². The van der Waals surface area contributed by atoms with Crippen LogP contribution in [0.25, 0.3) is 0 Å². The maximum absolute atomic E-state index is 12.5. The van der Waals surface area contributed by atoms with E-state index in [2.05, 4.69) is 0 Å². The number of phenols is 2. The summed E-state index contributed by atoms with van der Waals surface area (Å²) in [5, 5.41) is 49.0. The zero-order valence-electron chi connectivity index (χ0n) is 15.1. The maximum Gasteiger partial charge on any atom is 0.228 e. The largest absolute Gasteiger partial charge is 0.508 e. The van der Waals surface area contributed by atoms with Gasteiger partial charge in [-0.15, -0.1) is 0 Å². The summed E-state index contributed by atoms with van der Waals surface area (Å²) in [7, 11) is 0. The highest BCUT2D eigenvalue weighted by Crippen LogP contribution is 2.42. The Morgan fingerprint density at radius 2 is 1.72 bits per heavy atom. The number of benzene rings is 2. The SMILES string of the molecule is O=C1CC(c2ccc(O)cc2)Oc2cc(O[C@@H]3OC[C@@H](O)[C@H](O)[C@H]3O)cc(O)c21. The molecule has 1 saturated heterocycles. The number of aromatic hydroxyl groups is 2. The highest BCUT2D eigenvalue weighted by molar-refractivity contribution is 6.02. The van der Waals surface area contributed by atoms with Gasteiger partial charge < -0.3 is 39.7 Å². The molecule has 154 valence electrons. The summed E-state index contributed by atoms with van der Waals surface area (Å²) in [6.07, 6.45) is -6.08. The molecule has 0 spiro atoms. The number of phenolic OH excluding ortho intramolecular Hbond substituents is 2. The van der Waals surface area contributed by atoms with Gasteiger partial charge in [-0.05, 0) is 17.7 Å². The Balaban J connectivity index is 1.59. The van der Waals surface area contributed by atoms with Crippen LogP contribution in [-0.2, 0) is 4.74 Å². The second-order valence-electron chi connectivity index (χ2n) is 7.01. The molecule has 9 heteroatoms. The Labute approximate surface area is 165 Å². The molecule has 0 aliphatic carbocycles. The number of carbonyl (C=O) groups excluding carboxylic acids is 1. The maximum atomic E-state index is 12.5. The normalized spacial score (nSPS) is 29.1. The summed E-state index contributed by atoms with van der Waals surface area (Å²) in [5.41, 5.74) is 0.698. The Morgan fingerprint density at radius 3 is 2.45 bits per heavy atom. The van der Waals surface area contributed by atoms with Gasteiger partial charge in [0.25, 0.3) is 0 Å². The molecule has 5 atom stereocenters. The monoisotopic (exact) mass is 404 g/mol. The number of hydrogen-bond acceptors (Lipinski definition) is 9. The molecular weight excluding hydrogens is 384 g/mol. The van der Waals surface area contributed by atoms with Crippen molar-refractivity contribution in [3.05, 3.63) is 47.5 Å². The molecule has 2 aromatic carbocycles. The third-order valence-corrected chi connectivity index (χ3v) is 4.95. The van der Waals surface area contributed by atoms with Crippen LogP contribution < -0.4 is 9.47 Å². The minimum Gasteiger partial charge on any atom is -0.508 e. The van der Waals surface area contributed by atoms with Gasteiger partial charge in [0.05, 0.1) is 13.0 Å². The van der Waals surface area contributed by atoms with Crippen LogP contribution in [0.3, 0.4) is 0 Å². The van der Waals surface area contributed by atoms with Gasteiger partial charge in [-0.25, -0.2) is 0 Å². The second kappa shape index (κ2) is 7.53. The molecule has 9 nitrogen and oxygen atoms in total. The van der Waals surface area contributed by atoms with Crippen molar-refractivity contribution < 1.29 is 44.5 Å². The molecule has 2 aliphatic heterocycles. The zero-order chi connectivity index (χ0) is 20.7. The quantitative estimate of drug-likeness (QED) is 0.497. The average Bonchev–Trinajstić information content (AvgIpc) is 2.68. The third-order valence-electron chi connectivity index (χ3n) is 4.95. The van der Waals surface area contributed by atoms with Gasteiger partial charge in [-0.2, -0.15) is 0 Å². The van der Waals surface area contributed by atoms with Gasteiger partial charge in [0.1, 0.15) is 53.0 Å². The second-order valence-corrected chi connectivity index (χ2v) is 7.01. The predicted molar refractivity (Wildman–Crippen MR) is 96.9 cm³/mol. The number of carbonyl (C=O) groups is 1. The van der Waals surface area contributed by atoms with E-state index in [0.29, 0.717) is 5.56 Å². The van der Waals surface area contributed by atoms with E-state index in [-0.39, 0.29) is 47.4 Å². The number of aliphatic hydroxyl groups is 3. The fourth-order valence-corrected chi connectivity index (χ4v) is 3.37. The molecule has 5 N–H and O–H groups in total. The van der Waals surface area contributed by atoms with Crippen LogP contribution >= 0.6 is 0 Å². The van der Waals surface area contributed by atoms with Crippen molar-refractivity contribution in [2.24, 2.45) is 0 Å². The van der Waals surface area contributed by atoms with E-state index in [1.54, 1.807) is 12.1 Å². The van der Waals surface area contributed by atoms with E-state index in [0.717, 1.165) is 0 Å². The minimum absolute atomic E-state index is 0.0140. The smallest absolute Gasteiger partial charge is 0.228 e. The van der Waals surface area contributed by atoms with Crippen molar-refractivity contribution in [1.29, 1.82) is 0 Å². The Hall–Kier alpha value is -2.85. The summed E-state index contributed by atoms with van der Waals surface area (Å²) in [4.78, 5) is 12.5. The fourth-order valence-electron chi connectivity index (χ4n) is 3.37. The van der Waals surface area contributed by atoms with Crippen LogP contribution in [0.2, 0.25) is 0 Å². The standard InChI is InChI=1S/C20H20O9/c21-10-3-1-9(2-4-10)15-7-13(23)17-12(22)5-11(6-16(17)29-15)28-20-19(26)18(25)14(24)8-27-20/h1-6,14-15,18-22,24-26H,7-8H2/t14-,15?,18+,19-,20+/m1/s1. The molecule has 0 aromatic heterocycles. The first-order chi connectivity index (χ1) is 13.8. The van der Waals surface area contributed by atoms with Gasteiger partial charge in [0.2, 0.25) is 6.29 Å². The highest BCUT2D eigenvalue weighted by Gasteiger charge is 2.39. The van der Waals surface area contributed by atoms with Crippen LogP contribution in [0.5, 0.6) is 23.0 Å². The molecular formula is C20H20O9. The Morgan fingerprint density at radius 1 is 1.00 bits per heavy atom. The van der Waals surface area contributed by atoms with Crippen LogP contribution in [0, 0.1) is 0 Å². The molecule has 0 saturated carbocycles. The lowest BCUT2D eigenvalue weighted by atomic mass is 9.95. The van der Waals surface area contributed by atoms with Crippen LogP contribution in [-0.4, -0.2) is 62.5 Å². The summed E-state index contributed by atoms with van der Waals surface area (Å²) in [6, 6.07) is 8.81. The van der Waals surface area contributed by atoms with Crippen molar-refractivity contribution in [2.75, 3.05) is 6.61 Å². The van der Waals surface area contributed by atoms with Crippen LogP contribution in [0.15, 0.2) is 36.4 Å². The molecule has 1 fully saturated rings. The molecule has 0 bridgehead atoms. The Bertz CT molecular complexity index is 911. The van der Waals surface area contributed by atoms with Crippen molar-refractivity contribution >= 4 is 5.78 Å². The number of ether oxygens (including phenoxy) is 3. The summed E-state index contributed by atoms with van der Waals surface area (Å²) in [5.74, 6) is -0.436. The van der Waals surface area contributed by atoms with Crippen LogP contribution in [0.1, 0.15) is 28.4 Å². The molecule has 4 rings (SSSR count). The lowest BCUT2D eigenvalue weighted by molar-refractivity contribution is -0.242. The third kappa shape index (κ3) is 3.73. The van der Waals surface area contributed by atoms with Crippen molar-refractivity contribution in [2.45, 2.75) is 37.1 Å². The van der Waals surface area contributed by atoms with Gasteiger partial charge in [-0.1, -0.05) is 12.1 Å². The lowest BCUT2D eigenvalue weighted by Gasteiger charge is -2.35. The number of fused-ring (bicyclic) bond motifs is 1. The average molecular weight is 404 g/mol. The molecule has 0 radical (unpaired) electrons. The van der Waals surface area contributed by atoms with Gasteiger partial charge in [-0.3, -0.25) is 4.79 Å². The molecule has 2 aliphatic rings. The topological polar surface area (TPSA) is 146 Å². The van der Waals surface area contributed by atoms with E-state index in [4.69, 9.17) is 14.2 Å². The van der Waals surface area contributed by atoms with E-state index in [9.17, 15) is 30.3 Å². The number of hydrogen-bond donors (Lipinski definition) is 5.